The molecule has 0 saturated carbocycles. The van der Waals surface area contributed by atoms with Gasteiger partial charge in [-0.2, -0.15) is 0 Å². The predicted molar refractivity (Wildman–Crippen MR) is 73.8 cm³/mol. The molecule has 0 aliphatic heterocycles. The standard InChI is InChI=1S/C13H17NO3S/c1-9(12(15)16-4)10-5-7-11(8-6-10)17-13(18)14(2)3/h5-9H,1-4H3. The number of methoxy groups -OCH3 is 1. The zero-order valence-electron chi connectivity index (χ0n) is 11.0. The van der Waals surface area contributed by atoms with Gasteiger partial charge in [-0.3, -0.25) is 4.79 Å². The molecular weight excluding hydrogens is 250 g/mol. The van der Waals surface area contributed by atoms with Gasteiger partial charge in [-0.25, -0.2) is 0 Å². The zero-order valence-corrected chi connectivity index (χ0v) is 11.8. The predicted octanol–water partition coefficient (Wildman–Crippen LogP) is 2.19. The van der Waals surface area contributed by atoms with Crippen molar-refractivity contribution in [2.45, 2.75) is 12.8 Å². The highest BCUT2D eigenvalue weighted by Crippen LogP contribution is 2.20. The van der Waals surface area contributed by atoms with E-state index in [1.807, 2.05) is 26.2 Å². The Morgan fingerprint density at radius 2 is 1.83 bits per heavy atom. The van der Waals surface area contributed by atoms with Crippen molar-refractivity contribution in [1.82, 2.24) is 4.90 Å². The first-order valence-electron chi connectivity index (χ1n) is 5.52. The summed E-state index contributed by atoms with van der Waals surface area (Å²) < 4.78 is 10.1. The van der Waals surface area contributed by atoms with E-state index in [0.717, 1.165) is 5.56 Å². The van der Waals surface area contributed by atoms with E-state index in [0.29, 0.717) is 10.9 Å². The SMILES string of the molecule is COC(=O)C(C)c1ccc(OC(=S)N(C)C)cc1. The maximum absolute atomic E-state index is 11.4. The van der Waals surface area contributed by atoms with Gasteiger partial charge in [0.15, 0.2) is 0 Å². The minimum atomic E-state index is -0.287. The number of carbonyl (C=O) groups is 1. The topological polar surface area (TPSA) is 38.8 Å². The largest absolute Gasteiger partial charge is 0.469 e. The molecule has 0 aliphatic rings. The molecule has 1 aromatic carbocycles. The summed E-state index contributed by atoms with van der Waals surface area (Å²) in [6, 6.07) is 7.22. The smallest absolute Gasteiger partial charge is 0.312 e. The second-order valence-corrected chi connectivity index (χ2v) is 4.43. The van der Waals surface area contributed by atoms with Gasteiger partial charge in [0, 0.05) is 14.1 Å². The number of hydrogen-bond acceptors (Lipinski definition) is 4. The lowest BCUT2D eigenvalue weighted by Crippen LogP contribution is -2.24. The highest BCUT2D eigenvalue weighted by Gasteiger charge is 2.15. The number of benzene rings is 1. The quantitative estimate of drug-likeness (QED) is 0.620. The van der Waals surface area contributed by atoms with Crippen LogP contribution >= 0.6 is 12.2 Å². The van der Waals surface area contributed by atoms with Crippen LogP contribution in [0.15, 0.2) is 24.3 Å². The van der Waals surface area contributed by atoms with Crippen LogP contribution in [0.5, 0.6) is 5.75 Å². The Bertz CT molecular complexity index is 428. The number of rotatable bonds is 3. The summed E-state index contributed by atoms with van der Waals surface area (Å²) in [4.78, 5) is 13.1. The maximum atomic E-state index is 11.4. The molecule has 18 heavy (non-hydrogen) atoms. The highest BCUT2D eigenvalue weighted by atomic mass is 32.1. The Morgan fingerprint density at radius 1 is 1.28 bits per heavy atom. The second kappa shape index (κ2) is 6.35. The molecule has 0 fully saturated rings. The molecule has 0 bridgehead atoms. The van der Waals surface area contributed by atoms with E-state index >= 15 is 0 Å². The number of carbonyl (C=O) groups excluding carboxylic acids is 1. The fourth-order valence-corrected chi connectivity index (χ4v) is 1.43. The number of esters is 1. The average molecular weight is 267 g/mol. The van der Waals surface area contributed by atoms with E-state index in [9.17, 15) is 4.79 Å². The number of ether oxygens (including phenoxy) is 2. The lowest BCUT2D eigenvalue weighted by molar-refractivity contribution is -0.141. The molecule has 0 radical (unpaired) electrons. The number of nitrogens with zero attached hydrogens (tertiary/aromatic N) is 1. The summed E-state index contributed by atoms with van der Waals surface area (Å²) in [5.41, 5.74) is 0.880. The third-order valence-electron chi connectivity index (χ3n) is 2.51. The molecule has 1 rings (SSSR count). The van der Waals surface area contributed by atoms with Gasteiger partial charge < -0.3 is 14.4 Å². The summed E-state index contributed by atoms with van der Waals surface area (Å²) in [7, 11) is 5.01. The molecule has 0 amide bonds. The number of hydrogen-bond donors (Lipinski definition) is 0. The van der Waals surface area contributed by atoms with Gasteiger partial charge >= 0.3 is 5.97 Å². The van der Waals surface area contributed by atoms with Crippen LogP contribution < -0.4 is 4.74 Å². The van der Waals surface area contributed by atoms with E-state index in [-0.39, 0.29) is 11.9 Å². The van der Waals surface area contributed by atoms with Gasteiger partial charge in [-0.15, -0.1) is 0 Å². The van der Waals surface area contributed by atoms with Crippen molar-refractivity contribution >= 4 is 23.4 Å². The summed E-state index contributed by atoms with van der Waals surface area (Å²) in [5.74, 6) is 0.104. The Morgan fingerprint density at radius 3 is 2.28 bits per heavy atom. The minimum absolute atomic E-state index is 0.257. The molecule has 0 N–H and O–H groups in total. The van der Waals surface area contributed by atoms with Crippen molar-refractivity contribution in [1.29, 1.82) is 0 Å². The van der Waals surface area contributed by atoms with E-state index in [2.05, 4.69) is 0 Å². The normalized spacial score (nSPS) is 11.6. The minimum Gasteiger partial charge on any atom is -0.469 e. The van der Waals surface area contributed by atoms with Gasteiger partial charge in [0.1, 0.15) is 5.75 Å². The van der Waals surface area contributed by atoms with Crippen LogP contribution in [0.4, 0.5) is 0 Å². The van der Waals surface area contributed by atoms with Gasteiger partial charge in [-0.05, 0) is 36.8 Å². The first-order valence-corrected chi connectivity index (χ1v) is 5.93. The van der Waals surface area contributed by atoms with Crippen LogP contribution in [0.1, 0.15) is 18.4 Å². The fourth-order valence-electron chi connectivity index (χ4n) is 1.33. The Labute approximate surface area is 112 Å². The Balaban J connectivity index is 2.74. The summed E-state index contributed by atoms with van der Waals surface area (Å²) >= 11 is 5.03. The molecule has 0 aromatic heterocycles. The molecule has 0 saturated heterocycles. The van der Waals surface area contributed by atoms with Crippen LogP contribution in [0.25, 0.3) is 0 Å². The van der Waals surface area contributed by atoms with Crippen molar-refractivity contribution < 1.29 is 14.3 Å². The van der Waals surface area contributed by atoms with Crippen LogP contribution in [0, 0.1) is 0 Å². The highest BCUT2D eigenvalue weighted by molar-refractivity contribution is 7.80. The van der Waals surface area contributed by atoms with Gasteiger partial charge in [0.05, 0.1) is 13.0 Å². The third-order valence-corrected chi connectivity index (χ3v) is 2.95. The molecule has 98 valence electrons. The van der Waals surface area contributed by atoms with Gasteiger partial charge in [0.2, 0.25) is 0 Å². The average Bonchev–Trinajstić information content (AvgIpc) is 2.37. The molecule has 5 heteroatoms. The second-order valence-electron chi connectivity index (χ2n) is 4.08. The Hall–Kier alpha value is -1.62. The molecule has 1 atom stereocenters. The first-order chi connectivity index (χ1) is 8.45. The van der Waals surface area contributed by atoms with Crippen LogP contribution in [-0.2, 0) is 9.53 Å². The van der Waals surface area contributed by atoms with Gasteiger partial charge in [0.25, 0.3) is 5.17 Å². The van der Waals surface area contributed by atoms with Gasteiger partial charge in [-0.1, -0.05) is 12.1 Å². The van der Waals surface area contributed by atoms with Crippen molar-refractivity contribution in [3.05, 3.63) is 29.8 Å². The van der Waals surface area contributed by atoms with Crippen molar-refractivity contribution in [3.8, 4) is 5.75 Å². The van der Waals surface area contributed by atoms with E-state index in [4.69, 9.17) is 21.7 Å². The monoisotopic (exact) mass is 267 g/mol. The molecule has 0 spiro atoms. The van der Waals surface area contributed by atoms with Crippen LogP contribution in [-0.4, -0.2) is 37.2 Å². The van der Waals surface area contributed by atoms with E-state index in [1.54, 1.807) is 24.0 Å². The first kappa shape index (κ1) is 14.4. The van der Waals surface area contributed by atoms with E-state index in [1.165, 1.54) is 7.11 Å². The molecule has 4 nitrogen and oxygen atoms in total. The van der Waals surface area contributed by atoms with Crippen molar-refractivity contribution in [2.75, 3.05) is 21.2 Å². The summed E-state index contributed by atoms with van der Waals surface area (Å²) in [6.07, 6.45) is 0. The van der Waals surface area contributed by atoms with Crippen molar-refractivity contribution in [3.63, 3.8) is 0 Å². The lowest BCUT2D eigenvalue weighted by Gasteiger charge is -2.15. The molecule has 0 heterocycles. The zero-order chi connectivity index (χ0) is 13.7. The summed E-state index contributed by atoms with van der Waals surface area (Å²) in [6.45, 7) is 1.80. The van der Waals surface area contributed by atoms with E-state index < -0.39 is 0 Å². The lowest BCUT2D eigenvalue weighted by atomic mass is 10.0. The molecule has 0 aliphatic carbocycles. The fraction of sp³-hybridized carbons (Fsp3) is 0.385. The van der Waals surface area contributed by atoms with Crippen molar-refractivity contribution in [2.24, 2.45) is 0 Å². The third kappa shape index (κ3) is 3.70. The Kier molecular flexibility index (Phi) is 5.09. The van der Waals surface area contributed by atoms with Crippen LogP contribution in [0.2, 0.25) is 0 Å². The summed E-state index contributed by atoms with van der Waals surface area (Å²) in [5, 5.41) is 0.392. The molecule has 1 unspecified atom stereocenters. The van der Waals surface area contributed by atoms with Crippen LogP contribution in [0.3, 0.4) is 0 Å². The maximum Gasteiger partial charge on any atom is 0.312 e. The number of thiocarbonyl (C=S) groups is 1. The molecule has 1 aromatic rings. The molecular formula is C13H17NO3S.